The third-order valence-corrected chi connectivity index (χ3v) is 2.17. The van der Waals surface area contributed by atoms with E-state index in [-0.39, 0.29) is 5.88 Å². The molecule has 0 unspecified atom stereocenters. The predicted molar refractivity (Wildman–Crippen MR) is 53.2 cm³/mol. The van der Waals surface area contributed by atoms with E-state index in [1.165, 1.54) is 11.3 Å². The lowest BCUT2D eigenvalue weighted by Gasteiger charge is -2.02. The maximum atomic E-state index is 11.0. The van der Waals surface area contributed by atoms with Crippen molar-refractivity contribution in [3.8, 4) is 0 Å². The van der Waals surface area contributed by atoms with Crippen LogP contribution < -0.4 is 10.6 Å². The topological polar surface area (TPSA) is 71.1 Å². The van der Waals surface area contributed by atoms with Crippen LogP contribution in [0.1, 0.15) is 5.69 Å². The molecule has 0 aliphatic carbocycles. The summed E-state index contributed by atoms with van der Waals surface area (Å²) in [6, 6.07) is -0.566. The average Bonchev–Trinajstić information content (AvgIpc) is 2.67. The average molecular weight is 234 g/mol. The molecule has 0 aliphatic rings. The summed E-state index contributed by atoms with van der Waals surface area (Å²) in [5.41, 5.74) is 2.42. The third kappa shape index (κ3) is 3.71. The number of imide groups is 1. The number of nitrogens with one attached hydrogen (secondary N) is 2. The van der Waals surface area contributed by atoms with E-state index < -0.39 is 11.9 Å². The molecule has 14 heavy (non-hydrogen) atoms. The summed E-state index contributed by atoms with van der Waals surface area (Å²) in [5, 5.41) is 6.32. The molecular weight excluding hydrogens is 226 g/mol. The summed E-state index contributed by atoms with van der Waals surface area (Å²) in [4.78, 5) is 25.6. The van der Waals surface area contributed by atoms with Gasteiger partial charge in [0.1, 0.15) is 5.88 Å². The first-order valence-corrected chi connectivity index (χ1v) is 5.21. The number of thiazole rings is 1. The van der Waals surface area contributed by atoms with Crippen molar-refractivity contribution in [1.29, 1.82) is 0 Å². The molecule has 0 spiro atoms. The Kier molecular flexibility index (Phi) is 4.34. The minimum absolute atomic E-state index is 0.232. The zero-order valence-corrected chi connectivity index (χ0v) is 8.69. The molecule has 0 bridgehead atoms. The van der Waals surface area contributed by atoms with Gasteiger partial charge in [0.05, 0.1) is 17.7 Å². The molecule has 1 aromatic heterocycles. The summed E-state index contributed by atoms with van der Waals surface area (Å²) in [6.45, 7) is 0.297. The second-order valence-corrected chi connectivity index (χ2v) is 3.33. The van der Waals surface area contributed by atoms with E-state index in [4.69, 9.17) is 11.6 Å². The summed E-state index contributed by atoms with van der Waals surface area (Å²) >= 11 is 6.63. The number of aromatic nitrogens is 1. The monoisotopic (exact) mass is 233 g/mol. The Morgan fingerprint density at radius 1 is 1.57 bits per heavy atom. The molecule has 2 N–H and O–H groups in total. The van der Waals surface area contributed by atoms with Gasteiger partial charge in [-0.05, 0) is 0 Å². The minimum atomic E-state index is -0.566. The number of rotatable bonds is 3. The van der Waals surface area contributed by atoms with Crippen LogP contribution >= 0.6 is 22.9 Å². The number of carbonyl (C=O) groups excluding carboxylic acids is 2. The third-order valence-electron chi connectivity index (χ3n) is 1.29. The highest BCUT2D eigenvalue weighted by Crippen LogP contribution is 1.99. The first kappa shape index (κ1) is 10.9. The molecule has 1 heterocycles. The van der Waals surface area contributed by atoms with Crippen molar-refractivity contribution in [2.45, 2.75) is 6.54 Å². The first-order valence-electron chi connectivity index (χ1n) is 3.73. The van der Waals surface area contributed by atoms with Gasteiger partial charge in [0, 0.05) is 5.38 Å². The Balaban J connectivity index is 2.25. The van der Waals surface area contributed by atoms with E-state index in [1.807, 2.05) is 10.7 Å². The van der Waals surface area contributed by atoms with Crippen molar-refractivity contribution in [3.63, 3.8) is 0 Å². The lowest BCUT2D eigenvalue weighted by Crippen LogP contribution is -2.39. The first-order chi connectivity index (χ1) is 6.72. The summed E-state index contributed by atoms with van der Waals surface area (Å²) < 4.78 is 0. The number of alkyl halides is 1. The fourth-order valence-electron chi connectivity index (χ4n) is 0.700. The van der Waals surface area contributed by atoms with Crippen molar-refractivity contribution in [3.05, 3.63) is 16.6 Å². The summed E-state index contributed by atoms with van der Waals surface area (Å²) in [5.74, 6) is -0.758. The Labute approximate surface area is 89.5 Å². The van der Waals surface area contributed by atoms with Crippen LogP contribution in [0.4, 0.5) is 4.79 Å². The molecule has 0 atom stereocenters. The molecule has 0 saturated carbocycles. The molecule has 5 nitrogen and oxygen atoms in total. The number of amides is 3. The van der Waals surface area contributed by atoms with Crippen LogP contribution in [0.25, 0.3) is 0 Å². The Morgan fingerprint density at radius 3 is 2.93 bits per heavy atom. The predicted octanol–water partition coefficient (Wildman–Crippen LogP) is 0.708. The SMILES string of the molecule is O=C(CCl)NC(=O)NCc1cscn1. The molecule has 0 saturated heterocycles. The van der Waals surface area contributed by atoms with Crippen LogP contribution in [0, 0.1) is 0 Å². The van der Waals surface area contributed by atoms with Crippen LogP contribution in [0.3, 0.4) is 0 Å². The van der Waals surface area contributed by atoms with Crippen LogP contribution in [-0.4, -0.2) is 22.8 Å². The van der Waals surface area contributed by atoms with E-state index in [2.05, 4.69) is 10.3 Å². The molecule has 7 heteroatoms. The maximum absolute atomic E-state index is 11.0. The highest BCUT2D eigenvalue weighted by molar-refractivity contribution is 7.07. The second kappa shape index (κ2) is 5.56. The van der Waals surface area contributed by atoms with Crippen LogP contribution in [0.5, 0.6) is 0 Å². The lowest BCUT2D eigenvalue weighted by molar-refractivity contribution is -0.117. The van der Waals surface area contributed by atoms with Gasteiger partial charge >= 0.3 is 6.03 Å². The highest BCUT2D eigenvalue weighted by Gasteiger charge is 2.05. The molecule has 1 aromatic rings. The van der Waals surface area contributed by atoms with E-state index in [0.717, 1.165) is 5.69 Å². The molecule has 0 fully saturated rings. The van der Waals surface area contributed by atoms with Crippen molar-refractivity contribution in [2.24, 2.45) is 0 Å². The zero-order chi connectivity index (χ0) is 10.4. The van der Waals surface area contributed by atoms with Gasteiger partial charge in [0.15, 0.2) is 0 Å². The number of halogens is 1. The summed E-state index contributed by atoms with van der Waals surface area (Å²) in [6.07, 6.45) is 0. The van der Waals surface area contributed by atoms with Gasteiger partial charge in [-0.1, -0.05) is 0 Å². The maximum Gasteiger partial charge on any atom is 0.321 e. The Bertz CT molecular complexity index is 315. The Morgan fingerprint density at radius 2 is 2.36 bits per heavy atom. The fraction of sp³-hybridized carbons (Fsp3) is 0.286. The van der Waals surface area contributed by atoms with E-state index in [9.17, 15) is 9.59 Å². The van der Waals surface area contributed by atoms with Gasteiger partial charge in [-0.15, -0.1) is 22.9 Å². The van der Waals surface area contributed by atoms with Gasteiger partial charge in [0.2, 0.25) is 5.91 Å². The standard InChI is InChI=1S/C7H8ClN3O2S/c8-1-6(12)11-7(13)9-2-5-3-14-4-10-5/h3-4H,1-2H2,(H2,9,11,12,13). The van der Waals surface area contributed by atoms with Crippen molar-refractivity contribution < 1.29 is 9.59 Å². The minimum Gasteiger partial charge on any atom is -0.332 e. The van der Waals surface area contributed by atoms with Gasteiger partial charge in [0.25, 0.3) is 0 Å². The lowest BCUT2D eigenvalue weighted by atomic mass is 10.5. The van der Waals surface area contributed by atoms with Crippen molar-refractivity contribution in [2.75, 3.05) is 5.88 Å². The van der Waals surface area contributed by atoms with Crippen molar-refractivity contribution >= 4 is 34.9 Å². The van der Waals surface area contributed by atoms with Gasteiger partial charge in [-0.2, -0.15) is 0 Å². The number of hydrogen-bond acceptors (Lipinski definition) is 4. The quantitative estimate of drug-likeness (QED) is 0.756. The molecular formula is C7H8ClN3O2S. The molecule has 1 rings (SSSR count). The van der Waals surface area contributed by atoms with Crippen LogP contribution in [0.15, 0.2) is 10.9 Å². The van der Waals surface area contributed by atoms with E-state index >= 15 is 0 Å². The van der Waals surface area contributed by atoms with Crippen LogP contribution in [0.2, 0.25) is 0 Å². The highest BCUT2D eigenvalue weighted by atomic mass is 35.5. The number of carbonyl (C=O) groups is 2. The summed E-state index contributed by atoms with van der Waals surface area (Å²) in [7, 11) is 0. The second-order valence-electron chi connectivity index (χ2n) is 2.34. The van der Waals surface area contributed by atoms with E-state index in [1.54, 1.807) is 5.51 Å². The molecule has 0 aliphatic heterocycles. The molecule has 3 amide bonds. The molecule has 0 radical (unpaired) electrons. The van der Waals surface area contributed by atoms with Gasteiger partial charge in [-0.25, -0.2) is 9.78 Å². The molecule has 0 aromatic carbocycles. The van der Waals surface area contributed by atoms with Gasteiger partial charge in [-0.3, -0.25) is 10.1 Å². The number of hydrogen-bond donors (Lipinski definition) is 2. The van der Waals surface area contributed by atoms with Crippen molar-refractivity contribution in [1.82, 2.24) is 15.6 Å². The smallest absolute Gasteiger partial charge is 0.321 e. The Hall–Kier alpha value is -1.14. The van der Waals surface area contributed by atoms with Gasteiger partial charge < -0.3 is 5.32 Å². The normalized spacial score (nSPS) is 9.50. The molecule has 76 valence electrons. The number of nitrogens with zero attached hydrogens (tertiary/aromatic N) is 1. The van der Waals surface area contributed by atoms with Crippen LogP contribution in [-0.2, 0) is 11.3 Å². The zero-order valence-electron chi connectivity index (χ0n) is 7.12. The number of urea groups is 1. The fourth-order valence-corrected chi connectivity index (χ4v) is 1.33. The van der Waals surface area contributed by atoms with E-state index in [0.29, 0.717) is 6.54 Å². The largest absolute Gasteiger partial charge is 0.332 e.